The zero-order valence-corrected chi connectivity index (χ0v) is 18.3. The van der Waals surface area contributed by atoms with E-state index in [1.807, 2.05) is 31.2 Å². The molecule has 4 rings (SSSR count). The molecule has 2 aliphatic rings. The van der Waals surface area contributed by atoms with Gasteiger partial charge in [0.05, 0.1) is 30.9 Å². The number of carboxylic acid groups (broad SMARTS) is 1. The van der Waals surface area contributed by atoms with Crippen molar-refractivity contribution in [3.05, 3.63) is 35.5 Å². The average molecular weight is 443 g/mol. The van der Waals surface area contributed by atoms with Crippen molar-refractivity contribution >= 4 is 12.1 Å². The summed E-state index contributed by atoms with van der Waals surface area (Å²) < 4.78 is 16.8. The van der Waals surface area contributed by atoms with Gasteiger partial charge in [0, 0.05) is 11.1 Å². The molecule has 172 valence electrons. The summed E-state index contributed by atoms with van der Waals surface area (Å²) in [4.78, 5) is 23.3. The van der Waals surface area contributed by atoms with E-state index in [4.69, 9.17) is 14.0 Å². The van der Waals surface area contributed by atoms with Gasteiger partial charge in [0.1, 0.15) is 5.75 Å². The standard InChI is InChI=1S/C24H30N2O6/c1-15-21(13-25-24(29)30-14-16-4-2-5-16)22(32-26-15)17-8-10-19(11-9-17)31-20-7-3-6-18(12-20)23(27)28/h8-11,16,18,20H,2-7,12-14H2,1H3,(H,25,29)(H,27,28)/t18-,20-/m1/s1. The molecule has 0 saturated heterocycles. The molecule has 0 radical (unpaired) electrons. The Kier molecular flexibility index (Phi) is 6.97. The minimum absolute atomic E-state index is 0.0890. The van der Waals surface area contributed by atoms with Crippen LogP contribution in [0.25, 0.3) is 11.3 Å². The highest BCUT2D eigenvalue weighted by Crippen LogP contribution is 2.31. The van der Waals surface area contributed by atoms with Crippen molar-refractivity contribution in [2.24, 2.45) is 11.8 Å². The second kappa shape index (κ2) is 10.1. The molecule has 1 aromatic carbocycles. The summed E-state index contributed by atoms with van der Waals surface area (Å²) in [5.41, 5.74) is 2.34. The normalized spacial score (nSPS) is 20.9. The van der Waals surface area contributed by atoms with Gasteiger partial charge in [0.25, 0.3) is 0 Å². The Morgan fingerprint density at radius 2 is 1.91 bits per heavy atom. The van der Waals surface area contributed by atoms with Crippen molar-refractivity contribution in [3.8, 4) is 17.1 Å². The number of ether oxygens (including phenoxy) is 2. The van der Waals surface area contributed by atoms with E-state index >= 15 is 0 Å². The van der Waals surface area contributed by atoms with Gasteiger partial charge >= 0.3 is 12.1 Å². The van der Waals surface area contributed by atoms with E-state index in [-0.39, 0.29) is 18.6 Å². The van der Waals surface area contributed by atoms with Gasteiger partial charge in [-0.25, -0.2) is 4.79 Å². The average Bonchev–Trinajstić information content (AvgIpc) is 3.12. The van der Waals surface area contributed by atoms with E-state index in [9.17, 15) is 14.7 Å². The van der Waals surface area contributed by atoms with Gasteiger partial charge in [-0.3, -0.25) is 4.79 Å². The lowest BCUT2D eigenvalue weighted by Crippen LogP contribution is -2.29. The number of nitrogens with one attached hydrogen (secondary N) is 1. The third-order valence-electron chi connectivity index (χ3n) is 6.46. The third-order valence-corrected chi connectivity index (χ3v) is 6.46. The van der Waals surface area contributed by atoms with Crippen molar-refractivity contribution in [3.63, 3.8) is 0 Å². The molecule has 8 nitrogen and oxygen atoms in total. The molecule has 2 aliphatic carbocycles. The van der Waals surface area contributed by atoms with Crippen molar-refractivity contribution < 1.29 is 28.7 Å². The minimum Gasteiger partial charge on any atom is -0.490 e. The maximum absolute atomic E-state index is 12.0. The number of benzene rings is 1. The molecule has 0 unspecified atom stereocenters. The highest BCUT2D eigenvalue weighted by atomic mass is 16.5. The maximum Gasteiger partial charge on any atom is 0.407 e. The van der Waals surface area contributed by atoms with Crippen LogP contribution < -0.4 is 10.1 Å². The lowest BCUT2D eigenvalue weighted by molar-refractivity contribution is -0.143. The van der Waals surface area contributed by atoms with E-state index in [0.29, 0.717) is 42.6 Å². The van der Waals surface area contributed by atoms with Gasteiger partial charge < -0.3 is 24.4 Å². The largest absolute Gasteiger partial charge is 0.490 e. The quantitative estimate of drug-likeness (QED) is 0.610. The summed E-state index contributed by atoms with van der Waals surface area (Å²) in [6.45, 7) is 2.57. The minimum atomic E-state index is -0.748. The van der Waals surface area contributed by atoms with Crippen LogP contribution in [0.4, 0.5) is 4.79 Å². The molecule has 2 N–H and O–H groups in total. The van der Waals surface area contributed by atoms with Crippen molar-refractivity contribution in [1.29, 1.82) is 0 Å². The predicted molar refractivity (Wildman–Crippen MR) is 116 cm³/mol. The number of carbonyl (C=O) groups is 2. The van der Waals surface area contributed by atoms with Gasteiger partial charge in [0.2, 0.25) is 0 Å². The molecule has 32 heavy (non-hydrogen) atoms. The number of aryl methyl sites for hydroxylation is 1. The summed E-state index contributed by atoms with van der Waals surface area (Å²) in [6, 6.07) is 7.46. The first-order valence-corrected chi connectivity index (χ1v) is 11.3. The van der Waals surface area contributed by atoms with E-state index < -0.39 is 12.1 Å². The summed E-state index contributed by atoms with van der Waals surface area (Å²) in [5, 5.41) is 16.1. The fraction of sp³-hybridized carbons (Fsp3) is 0.542. The second-order valence-corrected chi connectivity index (χ2v) is 8.79. The molecule has 0 aliphatic heterocycles. The maximum atomic E-state index is 12.0. The molecule has 0 bridgehead atoms. The fourth-order valence-corrected chi connectivity index (χ4v) is 4.24. The van der Waals surface area contributed by atoms with Gasteiger partial charge in [-0.1, -0.05) is 11.6 Å². The molecule has 2 atom stereocenters. The molecular formula is C24H30N2O6. The molecule has 8 heteroatoms. The van der Waals surface area contributed by atoms with Gasteiger partial charge in [0.15, 0.2) is 5.76 Å². The monoisotopic (exact) mass is 442 g/mol. The van der Waals surface area contributed by atoms with E-state index in [0.717, 1.165) is 36.8 Å². The molecule has 2 aromatic rings. The molecule has 1 amide bonds. The molecular weight excluding hydrogens is 412 g/mol. The molecule has 2 fully saturated rings. The van der Waals surface area contributed by atoms with Crippen LogP contribution in [-0.2, 0) is 16.1 Å². The Hall–Kier alpha value is -3.03. The van der Waals surface area contributed by atoms with E-state index in [1.165, 1.54) is 6.42 Å². The number of hydrogen-bond donors (Lipinski definition) is 2. The number of aliphatic carboxylic acids is 1. The third kappa shape index (κ3) is 5.41. The topological polar surface area (TPSA) is 111 Å². The number of aromatic nitrogens is 1. The zero-order chi connectivity index (χ0) is 22.5. The first-order chi connectivity index (χ1) is 15.5. The number of hydrogen-bond acceptors (Lipinski definition) is 6. The Morgan fingerprint density at radius 1 is 1.16 bits per heavy atom. The van der Waals surface area contributed by atoms with Gasteiger partial charge in [-0.2, -0.15) is 0 Å². The van der Waals surface area contributed by atoms with Crippen LogP contribution in [0.15, 0.2) is 28.8 Å². The predicted octanol–water partition coefficient (Wildman–Crippen LogP) is 4.70. The Balaban J connectivity index is 1.34. The summed E-state index contributed by atoms with van der Waals surface area (Å²) in [7, 11) is 0. The number of rotatable bonds is 8. The Labute approximate surface area is 187 Å². The van der Waals surface area contributed by atoms with Crippen LogP contribution in [0.1, 0.15) is 56.2 Å². The van der Waals surface area contributed by atoms with Crippen molar-refractivity contribution in [2.45, 2.75) is 64.5 Å². The van der Waals surface area contributed by atoms with Crippen LogP contribution in [0.2, 0.25) is 0 Å². The van der Waals surface area contributed by atoms with Crippen molar-refractivity contribution in [2.75, 3.05) is 6.61 Å². The van der Waals surface area contributed by atoms with Crippen LogP contribution >= 0.6 is 0 Å². The first kappa shape index (κ1) is 22.2. The number of carboxylic acids is 1. The number of carbonyl (C=O) groups excluding carboxylic acids is 1. The Morgan fingerprint density at radius 3 is 2.59 bits per heavy atom. The first-order valence-electron chi connectivity index (χ1n) is 11.3. The summed E-state index contributed by atoms with van der Waals surface area (Å²) >= 11 is 0. The molecule has 2 saturated carbocycles. The van der Waals surface area contributed by atoms with Crippen LogP contribution in [-0.4, -0.2) is 35.0 Å². The zero-order valence-electron chi connectivity index (χ0n) is 18.3. The SMILES string of the molecule is Cc1noc(-c2ccc(O[C@@H]3CCC[C@@H](C(=O)O)C3)cc2)c1CNC(=O)OCC1CCC1. The highest BCUT2D eigenvalue weighted by molar-refractivity contribution is 5.70. The van der Waals surface area contributed by atoms with Crippen LogP contribution in [0.3, 0.4) is 0 Å². The fourth-order valence-electron chi connectivity index (χ4n) is 4.24. The van der Waals surface area contributed by atoms with Gasteiger partial charge in [-0.05, 0) is 75.6 Å². The summed E-state index contributed by atoms with van der Waals surface area (Å²) in [5.74, 6) is 0.707. The van der Waals surface area contributed by atoms with Crippen LogP contribution in [0.5, 0.6) is 5.75 Å². The lowest BCUT2D eigenvalue weighted by Gasteiger charge is -2.27. The molecule has 1 heterocycles. The number of amides is 1. The smallest absolute Gasteiger partial charge is 0.407 e. The van der Waals surface area contributed by atoms with E-state index in [2.05, 4.69) is 10.5 Å². The van der Waals surface area contributed by atoms with Crippen LogP contribution in [0, 0.1) is 18.8 Å². The van der Waals surface area contributed by atoms with Gasteiger partial charge in [-0.15, -0.1) is 0 Å². The summed E-state index contributed by atoms with van der Waals surface area (Å²) in [6.07, 6.45) is 5.91. The number of alkyl carbamates (subject to hydrolysis) is 1. The molecule has 0 spiro atoms. The van der Waals surface area contributed by atoms with Crippen molar-refractivity contribution in [1.82, 2.24) is 10.5 Å². The highest BCUT2D eigenvalue weighted by Gasteiger charge is 2.28. The lowest BCUT2D eigenvalue weighted by atomic mass is 9.86. The second-order valence-electron chi connectivity index (χ2n) is 8.79. The number of nitrogens with zero attached hydrogens (tertiary/aromatic N) is 1. The Bertz CT molecular complexity index is 934. The molecule has 1 aromatic heterocycles. The van der Waals surface area contributed by atoms with E-state index in [1.54, 1.807) is 0 Å².